The number of hydrogen-bond donors (Lipinski definition) is 0. The van der Waals surface area contributed by atoms with Crippen LogP contribution in [-0.4, -0.2) is 0 Å². The number of nitrogens with zero attached hydrogens (tertiary/aromatic N) is 1. The third-order valence-corrected chi connectivity index (χ3v) is 10.4. The molecule has 1 heterocycles. The second kappa shape index (κ2) is 11.6. The van der Waals surface area contributed by atoms with Crippen LogP contribution in [0.5, 0.6) is 0 Å². The van der Waals surface area contributed by atoms with Gasteiger partial charge in [0.1, 0.15) is 11.2 Å². The lowest BCUT2D eigenvalue weighted by Crippen LogP contribution is -2.28. The van der Waals surface area contributed by atoms with Gasteiger partial charge < -0.3 is 9.32 Å². The van der Waals surface area contributed by atoms with Crippen LogP contribution in [0, 0.1) is 5.92 Å². The Morgan fingerprint density at radius 3 is 1.90 bits per heavy atom. The van der Waals surface area contributed by atoms with Crippen LogP contribution in [0.2, 0.25) is 0 Å². The zero-order chi connectivity index (χ0) is 33.0. The van der Waals surface area contributed by atoms with E-state index in [0.717, 1.165) is 38.7 Å². The molecular formula is C48H33NO. The van der Waals surface area contributed by atoms with E-state index in [1.807, 2.05) is 0 Å². The van der Waals surface area contributed by atoms with Gasteiger partial charge in [0.05, 0.1) is 0 Å². The molecule has 0 amide bonds. The van der Waals surface area contributed by atoms with Crippen molar-refractivity contribution < 1.29 is 4.42 Å². The van der Waals surface area contributed by atoms with E-state index in [-0.39, 0.29) is 11.8 Å². The SMILES string of the molecule is C1=CC2C(N(c3ccc(-c4ccccc4)cc3)c3ccc4c(c3)oc3c5ccccc5c(-c5ccccc5)cc43)=Cc3ccccc3C2C=C1. The van der Waals surface area contributed by atoms with Crippen molar-refractivity contribution in [3.63, 3.8) is 0 Å². The summed E-state index contributed by atoms with van der Waals surface area (Å²) in [6.45, 7) is 0. The van der Waals surface area contributed by atoms with Crippen LogP contribution >= 0.6 is 0 Å². The molecule has 2 aliphatic carbocycles. The number of benzene rings is 7. The Morgan fingerprint density at radius 1 is 0.460 bits per heavy atom. The van der Waals surface area contributed by atoms with Gasteiger partial charge in [-0.3, -0.25) is 0 Å². The Balaban J connectivity index is 1.18. The molecule has 2 aliphatic rings. The summed E-state index contributed by atoms with van der Waals surface area (Å²) < 4.78 is 6.84. The van der Waals surface area contributed by atoms with E-state index in [1.54, 1.807) is 0 Å². The largest absolute Gasteiger partial charge is 0.455 e. The Morgan fingerprint density at radius 2 is 1.10 bits per heavy atom. The molecule has 236 valence electrons. The molecule has 2 unspecified atom stereocenters. The summed E-state index contributed by atoms with van der Waals surface area (Å²) in [6.07, 6.45) is 11.5. The van der Waals surface area contributed by atoms with Crippen molar-refractivity contribution in [3.8, 4) is 22.3 Å². The van der Waals surface area contributed by atoms with Crippen LogP contribution in [0.1, 0.15) is 17.0 Å². The minimum atomic E-state index is 0.187. The first-order valence-electron chi connectivity index (χ1n) is 17.3. The Kier molecular flexibility index (Phi) is 6.67. The van der Waals surface area contributed by atoms with E-state index in [1.165, 1.54) is 44.5 Å². The monoisotopic (exact) mass is 639 g/mol. The molecule has 0 aliphatic heterocycles. The maximum atomic E-state index is 6.84. The van der Waals surface area contributed by atoms with Gasteiger partial charge in [0.15, 0.2) is 0 Å². The molecule has 0 spiro atoms. The normalized spacial score (nSPS) is 16.4. The van der Waals surface area contributed by atoms with Crippen molar-refractivity contribution in [1.29, 1.82) is 0 Å². The maximum absolute atomic E-state index is 6.84. The third-order valence-electron chi connectivity index (χ3n) is 10.4. The molecule has 8 aromatic rings. The van der Waals surface area contributed by atoms with Crippen molar-refractivity contribution in [2.24, 2.45) is 5.92 Å². The van der Waals surface area contributed by atoms with E-state index in [2.05, 4.69) is 193 Å². The standard InChI is InChI=1S/C48H33NO/c1-3-13-32(14-4-1)33-23-25-36(26-24-33)49(46-29-35-17-7-8-18-38(35)39-19-9-11-21-41(39)46)37-27-28-42-45-31-44(34-15-5-2-6-16-34)40-20-10-12-22-43(40)48(45)50-47(42)30-37/h1-31,39,41H. The highest BCUT2D eigenvalue weighted by atomic mass is 16.3. The molecule has 0 radical (unpaired) electrons. The molecule has 50 heavy (non-hydrogen) atoms. The summed E-state index contributed by atoms with van der Waals surface area (Å²) in [5.74, 6) is 0.451. The lowest BCUT2D eigenvalue weighted by Gasteiger charge is -2.39. The minimum absolute atomic E-state index is 0.187. The summed E-state index contributed by atoms with van der Waals surface area (Å²) >= 11 is 0. The average molecular weight is 640 g/mol. The molecule has 0 bridgehead atoms. The van der Waals surface area contributed by atoms with Crippen molar-refractivity contribution in [3.05, 3.63) is 199 Å². The number of anilines is 2. The fourth-order valence-electron chi connectivity index (χ4n) is 8.06. The molecule has 2 heteroatoms. The van der Waals surface area contributed by atoms with Crippen molar-refractivity contribution >= 4 is 50.2 Å². The van der Waals surface area contributed by atoms with Crippen LogP contribution in [0.4, 0.5) is 11.4 Å². The first-order valence-corrected chi connectivity index (χ1v) is 17.3. The predicted molar refractivity (Wildman–Crippen MR) is 210 cm³/mol. The number of hydrogen-bond acceptors (Lipinski definition) is 2. The minimum Gasteiger partial charge on any atom is -0.455 e. The van der Waals surface area contributed by atoms with Gasteiger partial charge in [0, 0.05) is 51.1 Å². The average Bonchev–Trinajstić information content (AvgIpc) is 3.57. The lowest BCUT2D eigenvalue weighted by atomic mass is 9.74. The van der Waals surface area contributed by atoms with Crippen LogP contribution in [0.25, 0.3) is 61.0 Å². The molecule has 10 rings (SSSR count). The van der Waals surface area contributed by atoms with Crippen LogP contribution in [-0.2, 0) is 0 Å². The maximum Gasteiger partial charge on any atom is 0.143 e. The molecule has 0 N–H and O–H groups in total. The highest BCUT2D eigenvalue weighted by molar-refractivity contribution is 6.19. The number of furan rings is 1. The van der Waals surface area contributed by atoms with E-state index in [0.29, 0.717) is 0 Å². The molecule has 0 saturated heterocycles. The van der Waals surface area contributed by atoms with Gasteiger partial charge in [-0.1, -0.05) is 146 Å². The van der Waals surface area contributed by atoms with Gasteiger partial charge in [-0.25, -0.2) is 0 Å². The second-order valence-electron chi connectivity index (χ2n) is 13.3. The van der Waals surface area contributed by atoms with E-state index < -0.39 is 0 Å². The van der Waals surface area contributed by atoms with Crippen LogP contribution in [0.15, 0.2) is 192 Å². The fraction of sp³-hybridized carbons (Fsp3) is 0.0417. The predicted octanol–water partition coefficient (Wildman–Crippen LogP) is 13.1. The number of allylic oxidation sites excluding steroid dienone is 4. The van der Waals surface area contributed by atoms with Gasteiger partial charge in [0.2, 0.25) is 0 Å². The zero-order valence-electron chi connectivity index (χ0n) is 27.4. The highest BCUT2D eigenvalue weighted by Gasteiger charge is 2.33. The van der Waals surface area contributed by atoms with Crippen molar-refractivity contribution in [2.45, 2.75) is 5.92 Å². The molecule has 0 fully saturated rings. The van der Waals surface area contributed by atoms with Crippen LogP contribution < -0.4 is 4.90 Å². The zero-order valence-corrected chi connectivity index (χ0v) is 27.4. The molecule has 2 atom stereocenters. The Labute approximate surface area is 291 Å². The van der Waals surface area contributed by atoms with Gasteiger partial charge in [-0.2, -0.15) is 0 Å². The molecule has 0 saturated carbocycles. The van der Waals surface area contributed by atoms with Crippen LogP contribution in [0.3, 0.4) is 0 Å². The summed E-state index contributed by atoms with van der Waals surface area (Å²) in [5.41, 5.74) is 12.7. The number of rotatable bonds is 5. The van der Waals surface area contributed by atoms with Gasteiger partial charge in [0.25, 0.3) is 0 Å². The Bertz CT molecular complexity index is 2640. The number of fused-ring (bicyclic) bond motifs is 8. The molecule has 7 aromatic carbocycles. The summed E-state index contributed by atoms with van der Waals surface area (Å²) in [6, 6.07) is 56.7. The second-order valence-corrected chi connectivity index (χ2v) is 13.3. The first-order chi connectivity index (χ1) is 24.8. The summed E-state index contributed by atoms with van der Waals surface area (Å²) in [5, 5.41) is 4.57. The molecule has 1 aromatic heterocycles. The van der Waals surface area contributed by atoms with Gasteiger partial charge in [-0.05, 0) is 75.2 Å². The van der Waals surface area contributed by atoms with E-state index >= 15 is 0 Å². The first kappa shape index (κ1) is 28.6. The van der Waals surface area contributed by atoms with Gasteiger partial charge in [-0.15, -0.1) is 0 Å². The smallest absolute Gasteiger partial charge is 0.143 e. The molecular weight excluding hydrogens is 607 g/mol. The van der Waals surface area contributed by atoms with Crippen molar-refractivity contribution in [1.82, 2.24) is 0 Å². The van der Waals surface area contributed by atoms with E-state index in [9.17, 15) is 0 Å². The van der Waals surface area contributed by atoms with Gasteiger partial charge >= 0.3 is 0 Å². The molecule has 2 nitrogen and oxygen atoms in total. The Hall–Kier alpha value is -6.38. The quantitative estimate of drug-likeness (QED) is 0.186. The topological polar surface area (TPSA) is 16.4 Å². The third kappa shape index (κ3) is 4.64. The van der Waals surface area contributed by atoms with E-state index in [4.69, 9.17) is 4.42 Å². The van der Waals surface area contributed by atoms with Crippen molar-refractivity contribution in [2.75, 3.05) is 4.90 Å². The lowest BCUT2D eigenvalue weighted by molar-refractivity contribution is 0.642. The summed E-state index contributed by atoms with van der Waals surface area (Å²) in [7, 11) is 0. The highest BCUT2D eigenvalue weighted by Crippen LogP contribution is 2.48. The summed E-state index contributed by atoms with van der Waals surface area (Å²) in [4.78, 5) is 2.44. The fourth-order valence-corrected chi connectivity index (χ4v) is 8.06.